The van der Waals surface area contributed by atoms with Gasteiger partial charge >= 0.3 is 0 Å². The molecule has 2 unspecified atom stereocenters. The molecule has 2 atom stereocenters. The van der Waals surface area contributed by atoms with Gasteiger partial charge < -0.3 is 20.5 Å². The zero-order valence-electron chi connectivity index (χ0n) is 16.9. The number of rotatable bonds is 10. The number of guanidine groups is 1. The van der Waals surface area contributed by atoms with Crippen molar-refractivity contribution in [3.63, 3.8) is 0 Å². The smallest absolute Gasteiger partial charge is 0.191 e. The van der Waals surface area contributed by atoms with E-state index in [9.17, 15) is 5.11 Å². The summed E-state index contributed by atoms with van der Waals surface area (Å²) < 4.78 is 5.78. The van der Waals surface area contributed by atoms with E-state index in [0.29, 0.717) is 19.0 Å². The Morgan fingerprint density at radius 2 is 1.82 bits per heavy atom. The number of aliphatic hydroxyl groups excluding tert-OH is 1. The zero-order valence-corrected chi connectivity index (χ0v) is 20.0. The van der Waals surface area contributed by atoms with Crippen LogP contribution in [0.1, 0.15) is 42.2 Å². The average molecular weight is 517 g/mol. The first-order chi connectivity index (χ1) is 13.1. The molecule has 0 aliphatic carbocycles. The Hall–Kier alpha value is -1.16. The molecule has 2 aromatic rings. The third-order valence-corrected chi connectivity index (χ3v) is 5.33. The second kappa shape index (κ2) is 13.9. The van der Waals surface area contributed by atoms with Gasteiger partial charge in [0, 0.05) is 22.8 Å². The molecule has 0 bridgehead atoms. The molecule has 1 aromatic carbocycles. The average Bonchev–Trinajstić information content (AvgIpc) is 3.17. The summed E-state index contributed by atoms with van der Waals surface area (Å²) in [6, 6.07) is 14.3. The SMILES string of the molecule is CCNC(=NCc1ccc(CC)s1)NCC(O)COC(C)c1ccccc1.I. The number of thiophene rings is 1. The molecule has 3 N–H and O–H groups in total. The summed E-state index contributed by atoms with van der Waals surface area (Å²) in [6.07, 6.45) is 0.406. The van der Waals surface area contributed by atoms with Crippen LogP contribution in [-0.4, -0.2) is 36.9 Å². The number of hydrogen-bond donors (Lipinski definition) is 3. The van der Waals surface area contributed by atoms with Gasteiger partial charge in [0.15, 0.2) is 5.96 Å². The van der Waals surface area contributed by atoms with Gasteiger partial charge in [0.25, 0.3) is 0 Å². The van der Waals surface area contributed by atoms with Gasteiger partial charge in [0.2, 0.25) is 0 Å². The van der Waals surface area contributed by atoms with Gasteiger partial charge in [-0.3, -0.25) is 0 Å². The molecule has 1 aromatic heterocycles. The number of aliphatic imine (C=N–C) groups is 1. The monoisotopic (exact) mass is 517 g/mol. The van der Waals surface area contributed by atoms with Crippen molar-refractivity contribution in [1.29, 1.82) is 0 Å². The van der Waals surface area contributed by atoms with Gasteiger partial charge in [-0.2, -0.15) is 0 Å². The van der Waals surface area contributed by atoms with Crippen LogP contribution in [0, 0.1) is 0 Å². The molecule has 0 amide bonds. The van der Waals surface area contributed by atoms with Gasteiger partial charge in [-0.1, -0.05) is 37.3 Å². The fourth-order valence-electron chi connectivity index (χ4n) is 2.55. The van der Waals surface area contributed by atoms with Crippen LogP contribution in [0.3, 0.4) is 0 Å². The maximum Gasteiger partial charge on any atom is 0.191 e. The van der Waals surface area contributed by atoms with Crippen molar-refractivity contribution in [2.24, 2.45) is 4.99 Å². The van der Waals surface area contributed by atoms with Crippen molar-refractivity contribution in [3.05, 3.63) is 57.8 Å². The minimum atomic E-state index is -0.603. The Kier molecular flexibility index (Phi) is 12.4. The van der Waals surface area contributed by atoms with Crippen molar-refractivity contribution in [2.45, 2.75) is 45.9 Å². The predicted molar refractivity (Wildman–Crippen MR) is 129 cm³/mol. The van der Waals surface area contributed by atoms with E-state index in [-0.39, 0.29) is 36.7 Å². The lowest BCUT2D eigenvalue weighted by Gasteiger charge is -2.18. The molecular weight excluding hydrogens is 485 g/mol. The molecule has 0 saturated carbocycles. The summed E-state index contributed by atoms with van der Waals surface area (Å²) in [7, 11) is 0. The lowest BCUT2D eigenvalue weighted by atomic mass is 10.1. The van der Waals surface area contributed by atoms with E-state index in [0.717, 1.165) is 18.5 Å². The van der Waals surface area contributed by atoms with Crippen molar-refractivity contribution in [2.75, 3.05) is 19.7 Å². The summed E-state index contributed by atoms with van der Waals surface area (Å²) in [6.45, 7) is 8.24. The van der Waals surface area contributed by atoms with Crippen LogP contribution in [0.2, 0.25) is 0 Å². The lowest BCUT2D eigenvalue weighted by Crippen LogP contribution is -2.42. The van der Waals surface area contributed by atoms with E-state index in [2.05, 4.69) is 34.7 Å². The Bertz CT molecular complexity index is 694. The second-order valence-corrected chi connectivity index (χ2v) is 7.59. The number of nitrogens with one attached hydrogen (secondary N) is 2. The Balaban J connectivity index is 0.00000392. The maximum absolute atomic E-state index is 10.2. The number of benzene rings is 1. The Labute approximate surface area is 189 Å². The summed E-state index contributed by atoms with van der Waals surface area (Å²) in [5, 5.41) is 16.6. The summed E-state index contributed by atoms with van der Waals surface area (Å²) in [4.78, 5) is 7.21. The molecule has 1 heterocycles. The quantitative estimate of drug-likeness (QED) is 0.252. The topological polar surface area (TPSA) is 65.9 Å². The van der Waals surface area contributed by atoms with Crippen molar-refractivity contribution in [3.8, 4) is 0 Å². The van der Waals surface area contributed by atoms with Crippen molar-refractivity contribution in [1.82, 2.24) is 10.6 Å². The van der Waals surface area contributed by atoms with Crippen LogP contribution < -0.4 is 10.6 Å². The number of halogens is 1. The maximum atomic E-state index is 10.2. The van der Waals surface area contributed by atoms with E-state index in [1.807, 2.05) is 44.2 Å². The van der Waals surface area contributed by atoms with Gasteiger partial charge in [-0.25, -0.2) is 4.99 Å². The molecule has 156 valence electrons. The molecule has 0 saturated heterocycles. The summed E-state index contributed by atoms with van der Waals surface area (Å²) in [5.74, 6) is 0.708. The minimum absolute atomic E-state index is 0. The van der Waals surface area contributed by atoms with E-state index >= 15 is 0 Å². The van der Waals surface area contributed by atoms with E-state index in [1.54, 1.807) is 11.3 Å². The minimum Gasteiger partial charge on any atom is -0.389 e. The molecule has 28 heavy (non-hydrogen) atoms. The van der Waals surface area contributed by atoms with Gasteiger partial charge in [0.05, 0.1) is 25.4 Å². The first kappa shape index (κ1) is 24.9. The first-order valence-electron chi connectivity index (χ1n) is 9.56. The highest BCUT2D eigenvalue weighted by Gasteiger charge is 2.10. The fourth-order valence-corrected chi connectivity index (χ4v) is 3.43. The molecule has 0 spiro atoms. The third kappa shape index (κ3) is 8.89. The van der Waals surface area contributed by atoms with Crippen molar-refractivity contribution < 1.29 is 9.84 Å². The van der Waals surface area contributed by atoms with Crippen LogP contribution in [0.5, 0.6) is 0 Å². The zero-order chi connectivity index (χ0) is 19.5. The molecule has 2 rings (SSSR count). The van der Waals surface area contributed by atoms with Gasteiger partial charge in [-0.15, -0.1) is 35.3 Å². The van der Waals surface area contributed by atoms with E-state index in [4.69, 9.17) is 4.74 Å². The largest absolute Gasteiger partial charge is 0.389 e. The molecule has 0 radical (unpaired) electrons. The van der Waals surface area contributed by atoms with Crippen LogP contribution in [-0.2, 0) is 17.7 Å². The number of aryl methyl sites for hydroxylation is 1. The summed E-state index contributed by atoms with van der Waals surface area (Å²) in [5.41, 5.74) is 1.11. The van der Waals surface area contributed by atoms with E-state index in [1.165, 1.54) is 9.75 Å². The normalized spacial score (nSPS) is 13.5. The number of hydrogen-bond acceptors (Lipinski definition) is 4. The standard InChI is InChI=1S/C21H31N3O2S.HI/c1-4-19-11-12-20(27-19)14-24-21(22-5-2)23-13-18(25)15-26-16(3)17-9-7-6-8-10-17;/h6-12,16,18,25H,4-5,13-15H2,1-3H3,(H2,22,23,24);1H. The molecule has 0 aliphatic rings. The molecule has 0 fully saturated rings. The van der Waals surface area contributed by atoms with E-state index < -0.39 is 6.10 Å². The third-order valence-electron chi connectivity index (χ3n) is 4.12. The first-order valence-corrected chi connectivity index (χ1v) is 10.4. The van der Waals surface area contributed by atoms with Gasteiger partial charge in [-0.05, 0) is 38.0 Å². The second-order valence-electron chi connectivity index (χ2n) is 6.34. The lowest BCUT2D eigenvalue weighted by molar-refractivity contribution is -0.000599. The van der Waals surface area contributed by atoms with Crippen LogP contribution in [0.15, 0.2) is 47.5 Å². The highest BCUT2D eigenvalue weighted by molar-refractivity contribution is 14.0. The molecule has 0 aliphatic heterocycles. The van der Waals surface area contributed by atoms with Gasteiger partial charge in [0.1, 0.15) is 0 Å². The fraction of sp³-hybridized carbons (Fsp3) is 0.476. The highest BCUT2D eigenvalue weighted by Crippen LogP contribution is 2.18. The van der Waals surface area contributed by atoms with Crippen molar-refractivity contribution >= 4 is 41.3 Å². The summed E-state index contributed by atoms with van der Waals surface area (Å²) >= 11 is 1.79. The predicted octanol–water partition coefficient (Wildman–Crippen LogP) is 4.12. The molecule has 5 nitrogen and oxygen atoms in total. The van der Waals surface area contributed by atoms with Crippen LogP contribution >= 0.6 is 35.3 Å². The number of aliphatic hydroxyl groups is 1. The molecular formula is C21H32IN3O2S. The number of ether oxygens (including phenoxy) is 1. The van der Waals surface area contributed by atoms with Crippen LogP contribution in [0.4, 0.5) is 0 Å². The Morgan fingerprint density at radius 1 is 1.11 bits per heavy atom. The Morgan fingerprint density at radius 3 is 2.46 bits per heavy atom. The highest BCUT2D eigenvalue weighted by atomic mass is 127. The molecule has 7 heteroatoms. The number of nitrogens with zero attached hydrogens (tertiary/aromatic N) is 1. The van der Waals surface area contributed by atoms with Crippen LogP contribution in [0.25, 0.3) is 0 Å².